The van der Waals surface area contributed by atoms with Crippen molar-refractivity contribution in [2.75, 3.05) is 16.8 Å². The first-order chi connectivity index (χ1) is 11.0. The Hall–Kier alpha value is -2.62. The number of nitrogens with one attached hydrogen (secondary N) is 1. The van der Waals surface area contributed by atoms with Gasteiger partial charge in [-0.25, -0.2) is 0 Å². The molecule has 120 valence electrons. The predicted octanol–water partition coefficient (Wildman–Crippen LogP) is 3.55. The van der Waals surface area contributed by atoms with E-state index < -0.39 is 0 Å². The lowest BCUT2D eigenvalue weighted by Crippen LogP contribution is -2.36. The van der Waals surface area contributed by atoms with E-state index in [4.69, 9.17) is 0 Å². The summed E-state index contributed by atoms with van der Waals surface area (Å²) in [5.74, 6) is -0.378. The van der Waals surface area contributed by atoms with Gasteiger partial charge in [-0.1, -0.05) is 36.8 Å². The van der Waals surface area contributed by atoms with E-state index in [0.717, 1.165) is 23.4 Å². The molecule has 23 heavy (non-hydrogen) atoms. The highest BCUT2D eigenvalue weighted by atomic mass is 16.2. The molecule has 1 N–H and O–H groups in total. The number of amides is 2. The number of anilines is 2. The van der Waals surface area contributed by atoms with Crippen molar-refractivity contribution in [2.45, 2.75) is 27.2 Å². The van der Waals surface area contributed by atoms with Crippen molar-refractivity contribution >= 4 is 23.2 Å². The topological polar surface area (TPSA) is 49.4 Å². The molecule has 2 aromatic carbocycles. The van der Waals surface area contributed by atoms with E-state index in [1.54, 1.807) is 0 Å². The van der Waals surface area contributed by atoms with Crippen molar-refractivity contribution in [1.29, 1.82) is 0 Å². The molecule has 0 heterocycles. The van der Waals surface area contributed by atoms with Gasteiger partial charge in [0.25, 0.3) is 0 Å². The Morgan fingerprint density at radius 1 is 1.00 bits per heavy atom. The van der Waals surface area contributed by atoms with Gasteiger partial charge in [0.2, 0.25) is 11.8 Å². The van der Waals surface area contributed by atoms with Gasteiger partial charge in [-0.15, -0.1) is 0 Å². The molecule has 0 saturated heterocycles. The maximum Gasteiger partial charge on any atom is 0.244 e. The summed E-state index contributed by atoms with van der Waals surface area (Å²) in [5, 5.41) is 2.81. The maximum atomic E-state index is 12.2. The highest BCUT2D eigenvalue weighted by molar-refractivity contribution is 6.01. The van der Waals surface area contributed by atoms with Crippen LogP contribution in [0.25, 0.3) is 0 Å². The predicted molar refractivity (Wildman–Crippen MR) is 93.7 cm³/mol. The minimum absolute atomic E-state index is 0.00528. The monoisotopic (exact) mass is 310 g/mol. The molecule has 4 heteroatoms. The molecule has 2 amide bonds. The van der Waals surface area contributed by atoms with E-state index in [1.807, 2.05) is 55.5 Å². The molecule has 0 spiro atoms. The molecule has 0 aliphatic heterocycles. The molecule has 0 aliphatic rings. The van der Waals surface area contributed by atoms with E-state index >= 15 is 0 Å². The van der Waals surface area contributed by atoms with Gasteiger partial charge in [0.1, 0.15) is 6.54 Å². The largest absolute Gasteiger partial charge is 0.325 e. The summed E-state index contributed by atoms with van der Waals surface area (Å²) in [5.41, 5.74) is 3.78. The highest BCUT2D eigenvalue weighted by Gasteiger charge is 2.15. The second-order valence-corrected chi connectivity index (χ2v) is 5.54. The quantitative estimate of drug-likeness (QED) is 0.918. The summed E-state index contributed by atoms with van der Waals surface area (Å²) in [6.45, 7) is 5.53. The van der Waals surface area contributed by atoms with Crippen molar-refractivity contribution in [3.05, 3.63) is 59.7 Å². The molecule has 0 aromatic heterocycles. The van der Waals surface area contributed by atoms with Crippen LogP contribution in [0, 0.1) is 6.92 Å². The molecule has 4 nitrogen and oxygen atoms in total. The Labute approximate surface area is 137 Å². The molecular weight excluding hydrogens is 288 g/mol. The van der Waals surface area contributed by atoms with Crippen molar-refractivity contribution in [1.82, 2.24) is 0 Å². The Kier molecular flexibility index (Phi) is 5.52. The van der Waals surface area contributed by atoms with Gasteiger partial charge in [-0.3, -0.25) is 9.59 Å². The van der Waals surface area contributed by atoms with Crippen molar-refractivity contribution < 1.29 is 9.59 Å². The summed E-state index contributed by atoms with van der Waals surface area (Å²) >= 11 is 0. The van der Waals surface area contributed by atoms with Crippen molar-refractivity contribution in [2.24, 2.45) is 0 Å². The summed E-state index contributed by atoms with van der Waals surface area (Å²) in [6.07, 6.45) is 0.939. The van der Waals surface area contributed by atoms with Gasteiger partial charge in [-0.05, 0) is 43.2 Å². The second-order valence-electron chi connectivity index (χ2n) is 5.54. The van der Waals surface area contributed by atoms with E-state index in [9.17, 15) is 9.59 Å². The zero-order chi connectivity index (χ0) is 16.8. The second kappa shape index (κ2) is 7.58. The van der Waals surface area contributed by atoms with Gasteiger partial charge in [0, 0.05) is 18.3 Å². The van der Waals surface area contributed by atoms with Crippen LogP contribution < -0.4 is 10.2 Å². The first-order valence-corrected chi connectivity index (χ1v) is 7.73. The van der Waals surface area contributed by atoms with Crippen LogP contribution in [0.5, 0.6) is 0 Å². The number of hydrogen-bond acceptors (Lipinski definition) is 2. The standard InChI is InChI=1S/C19H22N2O2/c1-4-16-7-11-18(12-8-16)21(15(3)22)13-19(23)20-17-9-5-14(2)6-10-17/h5-12H,4,13H2,1-3H3,(H,20,23). The third-order valence-electron chi connectivity index (χ3n) is 3.67. The third kappa shape index (κ3) is 4.68. The lowest BCUT2D eigenvalue weighted by atomic mass is 10.1. The fourth-order valence-electron chi connectivity index (χ4n) is 2.28. The molecule has 2 rings (SSSR count). The average Bonchev–Trinajstić information content (AvgIpc) is 2.55. The van der Waals surface area contributed by atoms with Crippen molar-refractivity contribution in [3.8, 4) is 0 Å². The van der Waals surface area contributed by atoms with Gasteiger partial charge in [0.15, 0.2) is 0 Å². The van der Waals surface area contributed by atoms with E-state index in [2.05, 4.69) is 12.2 Å². The average molecular weight is 310 g/mol. The maximum absolute atomic E-state index is 12.2. The van der Waals surface area contributed by atoms with Crippen LogP contribution in [-0.2, 0) is 16.0 Å². The number of hydrogen-bond donors (Lipinski definition) is 1. The Morgan fingerprint density at radius 2 is 1.61 bits per heavy atom. The SMILES string of the molecule is CCc1ccc(N(CC(=O)Nc2ccc(C)cc2)C(C)=O)cc1. The third-order valence-corrected chi connectivity index (χ3v) is 3.67. The lowest BCUT2D eigenvalue weighted by Gasteiger charge is -2.21. The van der Waals surface area contributed by atoms with Crippen LogP contribution in [0.3, 0.4) is 0 Å². The fraction of sp³-hybridized carbons (Fsp3) is 0.263. The zero-order valence-corrected chi connectivity index (χ0v) is 13.8. The molecule has 0 fully saturated rings. The zero-order valence-electron chi connectivity index (χ0n) is 13.8. The van der Waals surface area contributed by atoms with Crippen molar-refractivity contribution in [3.63, 3.8) is 0 Å². The fourth-order valence-corrected chi connectivity index (χ4v) is 2.28. The summed E-state index contributed by atoms with van der Waals surface area (Å²) in [6, 6.07) is 15.3. The summed E-state index contributed by atoms with van der Waals surface area (Å²) < 4.78 is 0. The molecular formula is C19H22N2O2. The van der Waals surface area contributed by atoms with Crippen LogP contribution in [-0.4, -0.2) is 18.4 Å². The number of rotatable bonds is 5. The Bertz CT molecular complexity index is 676. The number of aryl methyl sites for hydroxylation is 2. The number of carbonyl (C=O) groups is 2. The van der Waals surface area contributed by atoms with E-state index in [0.29, 0.717) is 0 Å². The smallest absolute Gasteiger partial charge is 0.244 e. The van der Waals surface area contributed by atoms with E-state index in [-0.39, 0.29) is 18.4 Å². The van der Waals surface area contributed by atoms with Crippen LogP contribution >= 0.6 is 0 Å². The number of benzene rings is 2. The summed E-state index contributed by atoms with van der Waals surface area (Å²) in [4.78, 5) is 25.6. The van der Waals surface area contributed by atoms with Crippen LogP contribution in [0.1, 0.15) is 25.0 Å². The number of carbonyl (C=O) groups excluding carboxylic acids is 2. The summed E-state index contributed by atoms with van der Waals surface area (Å²) in [7, 11) is 0. The lowest BCUT2D eigenvalue weighted by molar-refractivity contribution is -0.120. The van der Waals surface area contributed by atoms with Gasteiger partial charge in [-0.2, -0.15) is 0 Å². The molecule has 0 atom stereocenters. The minimum atomic E-state index is -0.219. The van der Waals surface area contributed by atoms with Crippen LogP contribution in [0.2, 0.25) is 0 Å². The Balaban J connectivity index is 2.07. The highest BCUT2D eigenvalue weighted by Crippen LogP contribution is 2.16. The molecule has 0 unspecified atom stereocenters. The molecule has 0 bridgehead atoms. The molecule has 2 aromatic rings. The van der Waals surface area contributed by atoms with Crippen LogP contribution in [0.4, 0.5) is 11.4 Å². The minimum Gasteiger partial charge on any atom is -0.325 e. The van der Waals surface area contributed by atoms with Crippen LogP contribution in [0.15, 0.2) is 48.5 Å². The normalized spacial score (nSPS) is 10.2. The van der Waals surface area contributed by atoms with E-state index in [1.165, 1.54) is 17.4 Å². The first kappa shape index (κ1) is 16.7. The first-order valence-electron chi connectivity index (χ1n) is 7.73. The van der Waals surface area contributed by atoms with Gasteiger partial charge in [0.05, 0.1) is 0 Å². The molecule has 0 aliphatic carbocycles. The molecule has 0 radical (unpaired) electrons. The van der Waals surface area contributed by atoms with Gasteiger partial charge >= 0.3 is 0 Å². The number of nitrogens with zero attached hydrogens (tertiary/aromatic N) is 1. The molecule has 0 saturated carbocycles. The van der Waals surface area contributed by atoms with Gasteiger partial charge < -0.3 is 10.2 Å². The Morgan fingerprint density at radius 3 is 2.13 bits per heavy atom.